The molecule has 334 valence electrons. The molecule has 3 aromatic carbocycles. The average molecular weight is 892 g/mol. The molecule has 0 aromatic heterocycles. The Morgan fingerprint density at radius 2 is 0.600 bits per heavy atom. The standard InChI is InChI=1S/C53H79BrO6/c1-14-36(7)30-55-48-25-43(49(24-42(48)13)56-31-37(8)15-2)20-21-44-26-51(58-33-39(10)17-4)45(27-50(44)57-32-38(9)16-3)22-23-46-28-53(60-35-41(12)19-6)47(54)29-52(46)59-34-40(11)18-5/h20-29,36-41H,14-19,30-35H2,1-13H3/b21-20+,23-22+/t36-,37-,38-,39-,40-,41-/m0/s1. The summed E-state index contributed by atoms with van der Waals surface area (Å²) in [5, 5.41) is 0. The van der Waals surface area contributed by atoms with Crippen LogP contribution in [0, 0.1) is 42.4 Å². The predicted octanol–water partition coefficient (Wildman–Crippen LogP) is 15.6. The summed E-state index contributed by atoms with van der Waals surface area (Å²) in [6.45, 7) is 32.4. The molecular weight excluding hydrogens is 812 g/mol. The van der Waals surface area contributed by atoms with Crippen molar-refractivity contribution in [3.8, 4) is 34.5 Å². The molecule has 0 aliphatic carbocycles. The van der Waals surface area contributed by atoms with Crippen LogP contribution in [0.2, 0.25) is 0 Å². The van der Waals surface area contributed by atoms with Gasteiger partial charge in [-0.25, -0.2) is 0 Å². The average Bonchev–Trinajstić information content (AvgIpc) is 3.26. The highest BCUT2D eigenvalue weighted by Crippen LogP contribution is 2.38. The molecule has 0 bridgehead atoms. The molecule has 0 aliphatic rings. The molecule has 0 spiro atoms. The molecule has 0 saturated carbocycles. The molecule has 0 heterocycles. The van der Waals surface area contributed by atoms with E-state index in [0.29, 0.717) is 75.1 Å². The molecule has 0 aliphatic heterocycles. The van der Waals surface area contributed by atoms with Crippen molar-refractivity contribution < 1.29 is 28.4 Å². The van der Waals surface area contributed by atoms with Crippen molar-refractivity contribution >= 4 is 40.2 Å². The van der Waals surface area contributed by atoms with Gasteiger partial charge in [-0.15, -0.1) is 0 Å². The first-order valence-electron chi connectivity index (χ1n) is 23.0. The number of ether oxygens (including phenoxy) is 6. The molecule has 60 heavy (non-hydrogen) atoms. The number of halogens is 1. The fraction of sp³-hybridized carbons (Fsp3) is 0.585. The normalized spacial score (nSPS) is 14.8. The first kappa shape index (κ1) is 50.8. The van der Waals surface area contributed by atoms with Crippen LogP contribution in [0.25, 0.3) is 24.3 Å². The van der Waals surface area contributed by atoms with E-state index in [-0.39, 0.29) is 0 Å². The summed E-state index contributed by atoms with van der Waals surface area (Å²) in [6.07, 6.45) is 14.8. The Kier molecular flexibility index (Phi) is 22.6. The second-order valence-electron chi connectivity index (χ2n) is 17.5. The largest absolute Gasteiger partial charge is 0.493 e. The van der Waals surface area contributed by atoms with Crippen LogP contribution in [0.1, 0.15) is 149 Å². The summed E-state index contributed by atoms with van der Waals surface area (Å²) in [5.74, 6) is 7.51. The van der Waals surface area contributed by atoms with E-state index in [9.17, 15) is 0 Å². The minimum atomic E-state index is 0.394. The monoisotopic (exact) mass is 891 g/mol. The third kappa shape index (κ3) is 16.7. The fourth-order valence-electron chi connectivity index (χ4n) is 5.57. The molecule has 0 fully saturated rings. The highest BCUT2D eigenvalue weighted by Gasteiger charge is 2.17. The van der Waals surface area contributed by atoms with Crippen molar-refractivity contribution in [2.75, 3.05) is 39.6 Å². The molecule has 3 rings (SSSR count). The summed E-state index contributed by atoms with van der Waals surface area (Å²) in [7, 11) is 0. The van der Waals surface area contributed by atoms with Crippen LogP contribution in [0.4, 0.5) is 0 Å². The van der Waals surface area contributed by atoms with Gasteiger partial charge in [0.2, 0.25) is 0 Å². The van der Waals surface area contributed by atoms with Gasteiger partial charge in [-0.2, -0.15) is 0 Å². The summed E-state index contributed by atoms with van der Waals surface area (Å²) >= 11 is 3.77. The molecule has 0 unspecified atom stereocenters. The Hall–Kier alpha value is -3.58. The van der Waals surface area contributed by atoms with Gasteiger partial charge in [0.05, 0.1) is 44.1 Å². The van der Waals surface area contributed by atoms with Crippen LogP contribution in [-0.4, -0.2) is 39.6 Å². The number of rotatable bonds is 28. The fourth-order valence-corrected chi connectivity index (χ4v) is 6.00. The number of benzene rings is 3. The lowest BCUT2D eigenvalue weighted by atomic mass is 10.0. The highest BCUT2D eigenvalue weighted by molar-refractivity contribution is 9.10. The van der Waals surface area contributed by atoms with Gasteiger partial charge in [0.1, 0.15) is 34.5 Å². The van der Waals surface area contributed by atoms with E-state index in [2.05, 4.69) is 161 Å². The van der Waals surface area contributed by atoms with Crippen molar-refractivity contribution in [3.63, 3.8) is 0 Å². The summed E-state index contributed by atoms with van der Waals surface area (Å²) in [5.41, 5.74) is 4.84. The minimum Gasteiger partial charge on any atom is -0.493 e. The molecule has 6 atom stereocenters. The zero-order valence-electron chi connectivity index (χ0n) is 39.6. The lowest BCUT2D eigenvalue weighted by molar-refractivity contribution is 0.248. The second-order valence-corrected chi connectivity index (χ2v) is 18.4. The Balaban J connectivity index is 2.22. The van der Waals surface area contributed by atoms with Crippen LogP contribution in [0.5, 0.6) is 34.5 Å². The third-order valence-electron chi connectivity index (χ3n) is 11.7. The van der Waals surface area contributed by atoms with Gasteiger partial charge >= 0.3 is 0 Å². The van der Waals surface area contributed by atoms with Crippen LogP contribution in [0.15, 0.2) is 40.9 Å². The molecule has 0 radical (unpaired) electrons. The first-order valence-corrected chi connectivity index (χ1v) is 23.8. The van der Waals surface area contributed by atoms with Crippen molar-refractivity contribution in [3.05, 3.63) is 68.7 Å². The minimum absolute atomic E-state index is 0.394. The molecular formula is C53H79BrO6. The second kappa shape index (κ2) is 26.7. The van der Waals surface area contributed by atoms with Crippen LogP contribution >= 0.6 is 15.9 Å². The topological polar surface area (TPSA) is 55.4 Å². The maximum atomic E-state index is 6.67. The van der Waals surface area contributed by atoms with Crippen molar-refractivity contribution in [2.45, 2.75) is 129 Å². The lowest BCUT2D eigenvalue weighted by Crippen LogP contribution is -2.10. The van der Waals surface area contributed by atoms with Gasteiger partial charge in [-0.3, -0.25) is 0 Å². The molecule has 0 N–H and O–H groups in total. The van der Waals surface area contributed by atoms with Crippen molar-refractivity contribution in [1.82, 2.24) is 0 Å². The Bertz CT molecular complexity index is 1650. The van der Waals surface area contributed by atoms with Gasteiger partial charge in [0.25, 0.3) is 0 Å². The number of hydrogen-bond acceptors (Lipinski definition) is 6. The van der Waals surface area contributed by atoms with E-state index in [1.807, 2.05) is 6.07 Å². The summed E-state index contributed by atoms with van der Waals surface area (Å²) < 4.78 is 39.8. The summed E-state index contributed by atoms with van der Waals surface area (Å²) in [6, 6.07) is 12.6. The summed E-state index contributed by atoms with van der Waals surface area (Å²) in [4.78, 5) is 0. The molecule has 3 aromatic rings. The van der Waals surface area contributed by atoms with Crippen LogP contribution < -0.4 is 28.4 Å². The van der Waals surface area contributed by atoms with Crippen molar-refractivity contribution in [2.24, 2.45) is 35.5 Å². The maximum absolute atomic E-state index is 6.67. The zero-order valence-corrected chi connectivity index (χ0v) is 41.1. The molecule has 0 saturated heterocycles. The Morgan fingerprint density at radius 3 is 0.917 bits per heavy atom. The number of aryl methyl sites for hydroxylation is 1. The van der Waals surface area contributed by atoms with E-state index in [0.717, 1.165) is 105 Å². The van der Waals surface area contributed by atoms with E-state index >= 15 is 0 Å². The zero-order chi connectivity index (χ0) is 44.2. The highest BCUT2D eigenvalue weighted by atomic mass is 79.9. The van der Waals surface area contributed by atoms with E-state index in [4.69, 9.17) is 28.4 Å². The SMILES string of the molecule is CC[C@H](C)COc1cc(/C=C/c2cc(OC[C@@H](C)CC)c(/C=C/c3cc(OC[C@@H](C)CC)c(Br)cc3OC[C@@H](C)CC)cc2OC[C@@H](C)CC)c(OC[C@@H](C)CC)cc1C. The number of hydrogen-bond donors (Lipinski definition) is 0. The van der Waals surface area contributed by atoms with Gasteiger partial charge in [0.15, 0.2) is 0 Å². The lowest BCUT2D eigenvalue weighted by Gasteiger charge is -2.19. The molecule has 0 amide bonds. The predicted molar refractivity (Wildman–Crippen MR) is 259 cm³/mol. The molecule has 6 nitrogen and oxygen atoms in total. The van der Waals surface area contributed by atoms with Crippen LogP contribution in [0.3, 0.4) is 0 Å². The first-order chi connectivity index (χ1) is 28.7. The maximum Gasteiger partial charge on any atom is 0.134 e. The quantitative estimate of drug-likeness (QED) is 0.0677. The van der Waals surface area contributed by atoms with Crippen LogP contribution in [-0.2, 0) is 0 Å². The molecule has 7 heteroatoms. The Morgan fingerprint density at radius 1 is 0.367 bits per heavy atom. The van der Waals surface area contributed by atoms with Gasteiger partial charge < -0.3 is 28.4 Å². The third-order valence-corrected chi connectivity index (χ3v) is 12.3. The smallest absolute Gasteiger partial charge is 0.134 e. The van der Waals surface area contributed by atoms with Gasteiger partial charge in [-0.05, 0) is 100 Å². The van der Waals surface area contributed by atoms with Crippen molar-refractivity contribution in [1.29, 1.82) is 0 Å². The van der Waals surface area contributed by atoms with E-state index < -0.39 is 0 Å². The van der Waals surface area contributed by atoms with Gasteiger partial charge in [0, 0.05) is 22.3 Å². The Labute approximate surface area is 373 Å². The van der Waals surface area contributed by atoms with Gasteiger partial charge in [-0.1, -0.05) is 146 Å². The van der Waals surface area contributed by atoms with E-state index in [1.165, 1.54) is 0 Å². The van der Waals surface area contributed by atoms with E-state index in [1.54, 1.807) is 0 Å².